The molecule has 2 aromatic carbocycles. The lowest BCUT2D eigenvalue weighted by Gasteiger charge is -2.48. The van der Waals surface area contributed by atoms with Crippen molar-refractivity contribution >= 4 is 5.97 Å². The summed E-state index contributed by atoms with van der Waals surface area (Å²) in [6, 6.07) is 12.1. The minimum absolute atomic E-state index is 0.0331. The van der Waals surface area contributed by atoms with Crippen molar-refractivity contribution in [3.63, 3.8) is 0 Å². The van der Waals surface area contributed by atoms with E-state index in [-0.39, 0.29) is 42.5 Å². The molecule has 48 heavy (non-hydrogen) atoms. The maximum Gasteiger partial charge on any atom is 0.340 e. The summed E-state index contributed by atoms with van der Waals surface area (Å²) in [4.78, 5) is 21.5. The van der Waals surface area contributed by atoms with Crippen LogP contribution in [0.1, 0.15) is 43.3 Å². The van der Waals surface area contributed by atoms with E-state index in [1.54, 1.807) is 39.9 Å². The molecule has 0 saturated heterocycles. The number of ether oxygens (including phenoxy) is 2. The van der Waals surface area contributed by atoms with Crippen LogP contribution in [0.2, 0.25) is 0 Å². The number of benzene rings is 2. The molecule has 3 atom stereocenters. The first-order valence-electron chi connectivity index (χ1n) is 14.9. The predicted octanol–water partition coefficient (Wildman–Crippen LogP) is 4.44. The lowest BCUT2D eigenvalue weighted by atomic mass is 9.70. The third-order valence-electron chi connectivity index (χ3n) is 8.60. The Bertz CT molecular complexity index is 1980. The molecule has 0 aliphatic carbocycles. The fourth-order valence-corrected chi connectivity index (χ4v) is 6.22. The van der Waals surface area contributed by atoms with E-state index in [0.717, 1.165) is 5.69 Å². The van der Waals surface area contributed by atoms with Gasteiger partial charge in [-0.25, -0.2) is 27.9 Å². The van der Waals surface area contributed by atoms with Crippen molar-refractivity contribution in [1.82, 2.24) is 29.3 Å². The van der Waals surface area contributed by atoms with E-state index in [0.29, 0.717) is 23.5 Å². The van der Waals surface area contributed by atoms with E-state index in [2.05, 4.69) is 20.2 Å². The molecule has 0 fully saturated rings. The molecular weight excluding hydrogens is 633 g/mol. The SMILES string of the molecule is COc1nc(-c2nnc3n2CCC[C@]3(Oc2cc(F)c(F)c(F)c2)C(C)(O)CC(O)(C(=O)O)c2ccccc2)ccc1-n1cnc(C)c1. The summed E-state index contributed by atoms with van der Waals surface area (Å²) in [6.07, 6.45) is 2.73. The average molecular weight is 665 g/mol. The highest BCUT2D eigenvalue weighted by atomic mass is 19.2. The van der Waals surface area contributed by atoms with Crippen molar-refractivity contribution in [3.8, 4) is 28.8 Å². The zero-order chi connectivity index (χ0) is 34.4. The maximum atomic E-state index is 14.4. The lowest BCUT2D eigenvalue weighted by molar-refractivity contribution is -0.194. The van der Waals surface area contributed by atoms with Crippen LogP contribution in [0, 0.1) is 24.4 Å². The molecule has 0 saturated carbocycles. The van der Waals surface area contributed by atoms with E-state index < -0.39 is 52.4 Å². The van der Waals surface area contributed by atoms with Crippen LogP contribution in [0.15, 0.2) is 67.1 Å². The Morgan fingerprint density at radius 2 is 1.77 bits per heavy atom. The highest BCUT2D eigenvalue weighted by Crippen LogP contribution is 2.49. The van der Waals surface area contributed by atoms with E-state index >= 15 is 0 Å². The molecule has 12 nitrogen and oxygen atoms in total. The number of aromatic nitrogens is 6. The van der Waals surface area contributed by atoms with Crippen molar-refractivity contribution in [2.45, 2.75) is 56.5 Å². The first kappa shape index (κ1) is 32.7. The number of aryl methyl sites for hydroxylation is 1. The van der Waals surface area contributed by atoms with Crippen molar-refractivity contribution in [3.05, 3.63) is 102 Å². The van der Waals surface area contributed by atoms with Gasteiger partial charge in [0.2, 0.25) is 5.88 Å². The topological polar surface area (TPSA) is 158 Å². The predicted molar refractivity (Wildman–Crippen MR) is 163 cm³/mol. The molecule has 5 aromatic rings. The zero-order valence-electron chi connectivity index (χ0n) is 26.1. The second-order valence-electron chi connectivity index (χ2n) is 11.9. The molecular formula is C33H31F3N6O6. The number of rotatable bonds is 10. The molecule has 1 aliphatic rings. The van der Waals surface area contributed by atoms with Crippen LogP contribution in [-0.2, 0) is 22.5 Å². The van der Waals surface area contributed by atoms with Crippen molar-refractivity contribution in [2.75, 3.05) is 7.11 Å². The molecule has 1 aliphatic heterocycles. The summed E-state index contributed by atoms with van der Waals surface area (Å²) in [6.45, 7) is 3.34. The Morgan fingerprint density at radius 1 is 1.06 bits per heavy atom. The van der Waals surface area contributed by atoms with Gasteiger partial charge in [-0.2, -0.15) is 0 Å². The molecule has 0 radical (unpaired) electrons. The van der Waals surface area contributed by atoms with Gasteiger partial charge in [-0.1, -0.05) is 30.3 Å². The van der Waals surface area contributed by atoms with Gasteiger partial charge in [0.15, 0.2) is 40.3 Å². The molecule has 2 unspecified atom stereocenters. The fourth-order valence-electron chi connectivity index (χ4n) is 6.22. The number of halogens is 3. The molecule has 0 spiro atoms. The summed E-state index contributed by atoms with van der Waals surface area (Å²) < 4.78 is 57.9. The summed E-state index contributed by atoms with van der Waals surface area (Å²) in [5.74, 6) is -6.59. The van der Waals surface area contributed by atoms with Crippen molar-refractivity contribution < 1.29 is 42.8 Å². The van der Waals surface area contributed by atoms with Gasteiger partial charge in [0, 0.05) is 31.3 Å². The Kier molecular flexibility index (Phi) is 8.21. The number of fused-ring (bicyclic) bond motifs is 1. The molecule has 0 amide bonds. The standard InChI is InChI=1S/C33H31F3N6O6/c1-19-16-41(18-37-19)25-11-10-24(38-28(25)47-3)27-39-40-29-33(12-7-13-42(27)29,48-21-14-22(34)26(36)23(35)15-21)31(2,45)17-32(46,30(43)44)20-8-5-4-6-9-20/h4-6,8-11,14-16,18,45-46H,7,12-13,17H2,1-3H3,(H,43,44)/t31?,32?,33-/m1/s1. The number of methoxy groups -OCH3 is 1. The van der Waals surface area contributed by atoms with Gasteiger partial charge in [-0.3, -0.25) is 0 Å². The summed E-state index contributed by atoms with van der Waals surface area (Å²) in [5, 5.41) is 42.8. The van der Waals surface area contributed by atoms with Gasteiger partial charge in [0.05, 0.1) is 19.1 Å². The van der Waals surface area contributed by atoms with Crippen LogP contribution < -0.4 is 9.47 Å². The number of carbonyl (C=O) groups is 1. The van der Waals surface area contributed by atoms with Gasteiger partial charge in [-0.05, 0) is 44.4 Å². The molecule has 3 N–H and O–H groups in total. The van der Waals surface area contributed by atoms with Crippen LogP contribution in [0.3, 0.4) is 0 Å². The number of pyridine rings is 1. The van der Waals surface area contributed by atoms with Gasteiger partial charge >= 0.3 is 5.97 Å². The zero-order valence-corrected chi connectivity index (χ0v) is 26.1. The third-order valence-corrected chi connectivity index (χ3v) is 8.60. The Labute approximate surface area is 272 Å². The van der Waals surface area contributed by atoms with E-state index in [4.69, 9.17) is 9.47 Å². The van der Waals surface area contributed by atoms with Crippen LogP contribution in [0.4, 0.5) is 13.2 Å². The van der Waals surface area contributed by atoms with Gasteiger partial charge in [0.1, 0.15) is 22.7 Å². The van der Waals surface area contributed by atoms with Crippen molar-refractivity contribution in [2.24, 2.45) is 0 Å². The molecule has 3 aromatic heterocycles. The number of carboxylic acid groups (broad SMARTS) is 1. The number of nitrogens with zero attached hydrogens (tertiary/aromatic N) is 6. The molecule has 250 valence electrons. The number of hydrogen-bond acceptors (Lipinski definition) is 9. The monoisotopic (exact) mass is 664 g/mol. The fraction of sp³-hybridized carbons (Fsp3) is 0.303. The number of carboxylic acids is 1. The Hall–Kier alpha value is -5.28. The van der Waals surface area contributed by atoms with E-state index in [9.17, 15) is 33.3 Å². The molecule has 4 heterocycles. The quantitative estimate of drug-likeness (QED) is 0.182. The smallest absolute Gasteiger partial charge is 0.340 e. The number of imidazole rings is 1. The minimum atomic E-state index is -2.65. The Morgan fingerprint density at radius 3 is 2.40 bits per heavy atom. The van der Waals surface area contributed by atoms with Gasteiger partial charge in [0.25, 0.3) is 0 Å². The maximum absolute atomic E-state index is 14.4. The minimum Gasteiger partial charge on any atom is -0.479 e. The van der Waals surface area contributed by atoms with Gasteiger partial charge < -0.3 is 33.9 Å². The second-order valence-corrected chi connectivity index (χ2v) is 11.9. The van der Waals surface area contributed by atoms with Gasteiger partial charge in [-0.15, -0.1) is 10.2 Å². The average Bonchev–Trinajstić information content (AvgIpc) is 3.70. The third kappa shape index (κ3) is 5.44. The van der Waals surface area contributed by atoms with Crippen LogP contribution in [-0.4, -0.2) is 63.3 Å². The van der Waals surface area contributed by atoms with Crippen molar-refractivity contribution in [1.29, 1.82) is 0 Å². The van der Waals surface area contributed by atoms with E-state index in [1.807, 2.05) is 6.92 Å². The molecule has 15 heteroatoms. The molecule has 0 bridgehead atoms. The highest BCUT2D eigenvalue weighted by molar-refractivity contribution is 5.79. The lowest BCUT2D eigenvalue weighted by Crippen LogP contribution is -2.60. The second kappa shape index (κ2) is 12.1. The first-order valence-corrected chi connectivity index (χ1v) is 14.9. The van der Waals surface area contributed by atoms with Crippen LogP contribution in [0.25, 0.3) is 17.2 Å². The van der Waals surface area contributed by atoms with E-state index in [1.165, 1.54) is 38.3 Å². The normalized spacial score (nSPS) is 18.4. The first-order chi connectivity index (χ1) is 22.8. The summed E-state index contributed by atoms with van der Waals surface area (Å²) >= 11 is 0. The molecule has 6 rings (SSSR count). The number of hydrogen-bond donors (Lipinski definition) is 3. The van der Waals surface area contributed by atoms with Crippen LogP contribution >= 0.6 is 0 Å². The number of aliphatic hydroxyl groups is 2. The van der Waals surface area contributed by atoms with Crippen LogP contribution in [0.5, 0.6) is 11.6 Å². The largest absolute Gasteiger partial charge is 0.479 e. The summed E-state index contributed by atoms with van der Waals surface area (Å²) in [7, 11) is 1.45. The Balaban J connectivity index is 1.50. The number of aliphatic carboxylic acids is 1. The highest BCUT2D eigenvalue weighted by Gasteiger charge is 2.60. The summed E-state index contributed by atoms with van der Waals surface area (Å²) in [5.41, 5.74) is -5.41.